The number of hydrogen-bond donors (Lipinski definition) is 4. The van der Waals surface area contributed by atoms with Crippen LogP contribution in [-0.4, -0.2) is 58.3 Å². The van der Waals surface area contributed by atoms with Crippen molar-refractivity contribution in [3.63, 3.8) is 0 Å². The minimum atomic E-state index is -0.649. The Balaban J connectivity index is 1.60. The summed E-state index contributed by atoms with van der Waals surface area (Å²) in [4.78, 5) is 17.3. The molecular weight excluding hydrogens is 406 g/mol. The van der Waals surface area contributed by atoms with E-state index in [4.69, 9.17) is 4.74 Å². The Kier molecular flexibility index (Phi) is 8.14. The molecule has 0 aliphatic rings. The van der Waals surface area contributed by atoms with E-state index in [9.17, 15) is 15.0 Å². The number of amides is 1. The molecule has 0 saturated heterocycles. The number of aromatic hydroxyl groups is 1. The van der Waals surface area contributed by atoms with Crippen LogP contribution in [0.3, 0.4) is 0 Å². The van der Waals surface area contributed by atoms with Gasteiger partial charge in [0, 0.05) is 37.3 Å². The number of fused-ring (bicyclic) bond motifs is 1. The van der Waals surface area contributed by atoms with Gasteiger partial charge in [-0.05, 0) is 56.5 Å². The topological polar surface area (TPSA) is 97.8 Å². The summed E-state index contributed by atoms with van der Waals surface area (Å²) in [6, 6.07) is 12.6. The van der Waals surface area contributed by atoms with Crippen LogP contribution in [0.15, 0.2) is 48.7 Å². The number of aliphatic hydroxyl groups is 1. The van der Waals surface area contributed by atoms with Gasteiger partial charge in [0.25, 0.3) is 5.91 Å². The van der Waals surface area contributed by atoms with Crippen LogP contribution in [0.4, 0.5) is 0 Å². The van der Waals surface area contributed by atoms with Crippen molar-refractivity contribution < 1.29 is 19.7 Å². The molecule has 3 aromatic rings. The summed E-state index contributed by atoms with van der Waals surface area (Å²) < 4.78 is 5.83. The minimum Gasteiger partial charge on any atom is -0.508 e. The van der Waals surface area contributed by atoms with E-state index >= 15 is 0 Å². The number of rotatable bonds is 11. The number of likely N-dealkylation sites (N-methyl/N-ethyl adjacent to an activating group) is 1. The van der Waals surface area contributed by atoms with Crippen molar-refractivity contribution in [3.05, 3.63) is 59.8 Å². The lowest BCUT2D eigenvalue weighted by Crippen LogP contribution is -2.34. The van der Waals surface area contributed by atoms with Crippen molar-refractivity contribution in [1.29, 1.82) is 0 Å². The monoisotopic (exact) mass is 439 g/mol. The summed E-state index contributed by atoms with van der Waals surface area (Å²) in [5.74, 6) is 0.823. The Bertz CT molecular complexity index is 1010. The average Bonchev–Trinajstić information content (AvgIpc) is 3.20. The van der Waals surface area contributed by atoms with Crippen molar-refractivity contribution >= 4 is 16.8 Å². The number of ether oxygens (including phenoxy) is 1. The fraction of sp³-hybridized carbons (Fsp3) is 0.400. The Morgan fingerprint density at radius 2 is 1.88 bits per heavy atom. The molecule has 0 aliphatic carbocycles. The first-order valence-electron chi connectivity index (χ1n) is 11.1. The Morgan fingerprint density at radius 3 is 2.56 bits per heavy atom. The fourth-order valence-corrected chi connectivity index (χ4v) is 3.81. The maximum absolute atomic E-state index is 12.3. The molecular formula is C25H33N3O4. The SMILES string of the molecule is CCN(CC)C(=O)COc1cccc2c(C[C@@H](C)NC[C@@H](O)c3ccc(O)cc3)c[nH]c12. The lowest BCUT2D eigenvalue weighted by Gasteiger charge is -2.19. The zero-order valence-corrected chi connectivity index (χ0v) is 19.0. The number of aliphatic hydroxyl groups excluding tert-OH is 1. The summed E-state index contributed by atoms with van der Waals surface area (Å²) in [5, 5.41) is 24.2. The predicted octanol–water partition coefficient (Wildman–Crippen LogP) is 3.37. The fourth-order valence-electron chi connectivity index (χ4n) is 3.81. The molecule has 2 aromatic carbocycles. The molecule has 0 radical (unpaired) electrons. The van der Waals surface area contributed by atoms with Gasteiger partial charge in [0.1, 0.15) is 11.5 Å². The average molecular weight is 440 g/mol. The highest BCUT2D eigenvalue weighted by molar-refractivity contribution is 5.89. The van der Waals surface area contributed by atoms with Crippen LogP contribution in [0.5, 0.6) is 11.5 Å². The van der Waals surface area contributed by atoms with Crippen LogP contribution >= 0.6 is 0 Å². The zero-order chi connectivity index (χ0) is 23.1. The second-order valence-electron chi connectivity index (χ2n) is 7.97. The van der Waals surface area contributed by atoms with Crippen molar-refractivity contribution in [3.8, 4) is 11.5 Å². The van der Waals surface area contributed by atoms with Crippen LogP contribution in [0.1, 0.15) is 38.0 Å². The molecule has 3 rings (SSSR count). The van der Waals surface area contributed by atoms with Gasteiger partial charge in [-0.2, -0.15) is 0 Å². The number of para-hydroxylation sites is 1. The summed E-state index contributed by atoms with van der Waals surface area (Å²) in [5.41, 5.74) is 2.78. The van der Waals surface area contributed by atoms with Crippen LogP contribution in [0.2, 0.25) is 0 Å². The minimum absolute atomic E-state index is 0.0161. The smallest absolute Gasteiger partial charge is 0.260 e. The van der Waals surface area contributed by atoms with Gasteiger partial charge in [0.2, 0.25) is 0 Å². The molecule has 0 bridgehead atoms. The lowest BCUT2D eigenvalue weighted by molar-refractivity contribution is -0.132. The highest BCUT2D eigenvalue weighted by atomic mass is 16.5. The Hall–Kier alpha value is -3.03. The van der Waals surface area contributed by atoms with E-state index in [2.05, 4.69) is 17.2 Å². The molecule has 1 heterocycles. The van der Waals surface area contributed by atoms with E-state index in [1.807, 2.05) is 38.2 Å². The second kappa shape index (κ2) is 11.0. The molecule has 7 heteroatoms. The molecule has 0 unspecified atom stereocenters. The number of phenols is 1. The predicted molar refractivity (Wildman–Crippen MR) is 126 cm³/mol. The first-order chi connectivity index (χ1) is 15.4. The van der Waals surface area contributed by atoms with Gasteiger partial charge in [-0.1, -0.05) is 24.3 Å². The van der Waals surface area contributed by atoms with Crippen LogP contribution < -0.4 is 10.1 Å². The number of H-pyrrole nitrogens is 1. The highest BCUT2D eigenvalue weighted by Crippen LogP contribution is 2.28. The molecule has 0 fully saturated rings. The van der Waals surface area contributed by atoms with E-state index in [-0.39, 0.29) is 24.3 Å². The van der Waals surface area contributed by atoms with E-state index in [1.165, 1.54) is 0 Å². The molecule has 7 nitrogen and oxygen atoms in total. The Morgan fingerprint density at radius 1 is 1.16 bits per heavy atom. The van der Waals surface area contributed by atoms with Crippen LogP contribution in [0, 0.1) is 0 Å². The van der Waals surface area contributed by atoms with Crippen LogP contribution in [0.25, 0.3) is 10.9 Å². The maximum atomic E-state index is 12.3. The second-order valence-corrected chi connectivity index (χ2v) is 7.97. The number of hydrogen-bond acceptors (Lipinski definition) is 5. The van der Waals surface area contributed by atoms with Crippen molar-refractivity contribution in [1.82, 2.24) is 15.2 Å². The third kappa shape index (κ3) is 5.81. The summed E-state index contributed by atoms with van der Waals surface area (Å²) in [6.45, 7) is 7.75. The van der Waals surface area contributed by atoms with Gasteiger partial charge >= 0.3 is 0 Å². The van der Waals surface area contributed by atoms with E-state index < -0.39 is 6.10 Å². The number of carbonyl (C=O) groups is 1. The van der Waals surface area contributed by atoms with Gasteiger partial charge < -0.3 is 30.2 Å². The molecule has 32 heavy (non-hydrogen) atoms. The quantitative estimate of drug-likeness (QED) is 0.367. The number of phenolic OH excluding ortho intramolecular Hbond substituents is 1. The van der Waals surface area contributed by atoms with Gasteiger partial charge in [-0.3, -0.25) is 4.79 Å². The van der Waals surface area contributed by atoms with E-state index in [0.29, 0.717) is 25.4 Å². The molecule has 4 N–H and O–H groups in total. The molecule has 0 spiro atoms. The van der Waals surface area contributed by atoms with Gasteiger partial charge in [0.05, 0.1) is 11.6 Å². The van der Waals surface area contributed by atoms with Gasteiger partial charge in [0.15, 0.2) is 6.61 Å². The molecule has 1 amide bonds. The largest absolute Gasteiger partial charge is 0.508 e. The van der Waals surface area contributed by atoms with E-state index in [1.54, 1.807) is 29.2 Å². The van der Waals surface area contributed by atoms with Crippen molar-refractivity contribution in [2.45, 2.75) is 39.3 Å². The highest BCUT2D eigenvalue weighted by Gasteiger charge is 2.15. The number of nitrogens with one attached hydrogen (secondary N) is 2. The lowest BCUT2D eigenvalue weighted by atomic mass is 10.0. The number of nitrogens with zero attached hydrogens (tertiary/aromatic N) is 1. The normalized spacial score (nSPS) is 13.1. The number of benzene rings is 2. The standard InChI is InChI=1S/C25H33N3O4/c1-4-28(5-2)24(31)16-32-23-8-6-7-21-19(14-27-25(21)23)13-17(3)26-15-22(30)18-9-11-20(29)12-10-18/h6-12,14,17,22,26-27,29-30H,4-5,13,15-16H2,1-3H3/t17-,22-/m1/s1. The third-order valence-corrected chi connectivity index (χ3v) is 5.69. The summed E-state index contributed by atoms with van der Waals surface area (Å²) in [6.07, 6.45) is 2.09. The number of carbonyl (C=O) groups excluding carboxylic acids is 1. The molecule has 0 aliphatic heterocycles. The number of aromatic amines is 1. The van der Waals surface area contributed by atoms with Crippen molar-refractivity contribution in [2.75, 3.05) is 26.2 Å². The molecule has 1 aromatic heterocycles. The van der Waals surface area contributed by atoms with E-state index in [0.717, 1.165) is 28.5 Å². The summed E-state index contributed by atoms with van der Waals surface area (Å²) in [7, 11) is 0. The zero-order valence-electron chi connectivity index (χ0n) is 19.0. The van der Waals surface area contributed by atoms with Gasteiger partial charge in [-0.15, -0.1) is 0 Å². The summed E-state index contributed by atoms with van der Waals surface area (Å²) >= 11 is 0. The number of aromatic nitrogens is 1. The first-order valence-corrected chi connectivity index (χ1v) is 11.1. The molecule has 172 valence electrons. The van der Waals surface area contributed by atoms with Crippen LogP contribution in [-0.2, 0) is 11.2 Å². The third-order valence-electron chi connectivity index (χ3n) is 5.69. The first kappa shape index (κ1) is 23.6. The Labute approximate surface area is 189 Å². The van der Waals surface area contributed by atoms with Gasteiger partial charge in [-0.25, -0.2) is 0 Å². The molecule has 2 atom stereocenters. The van der Waals surface area contributed by atoms with Crippen molar-refractivity contribution in [2.24, 2.45) is 0 Å². The maximum Gasteiger partial charge on any atom is 0.260 e. The molecule has 0 saturated carbocycles.